The maximum Gasteiger partial charge on any atom is 0.303 e. The van der Waals surface area contributed by atoms with Crippen molar-refractivity contribution in [1.29, 1.82) is 0 Å². The van der Waals surface area contributed by atoms with Crippen molar-refractivity contribution >= 4 is 15.8 Å². The number of esters is 1. The molecule has 1 atom stereocenters. The van der Waals surface area contributed by atoms with Crippen molar-refractivity contribution in [3.63, 3.8) is 0 Å². The number of aromatic nitrogens is 1. The molecule has 0 saturated carbocycles. The Balaban J connectivity index is 2.43. The molecule has 0 aliphatic rings. The number of hydrogen-bond donors (Lipinski definition) is 1. The smallest absolute Gasteiger partial charge is 0.303 e. The van der Waals surface area contributed by atoms with Crippen LogP contribution >= 0.6 is 0 Å². The van der Waals surface area contributed by atoms with Gasteiger partial charge in [0, 0.05) is 18.7 Å². The van der Waals surface area contributed by atoms with Crippen LogP contribution in [0.5, 0.6) is 0 Å². The number of carbonyl (C=O) groups excluding carboxylic acids is 1. The van der Waals surface area contributed by atoms with Gasteiger partial charge in [-0.1, -0.05) is 17.7 Å². The summed E-state index contributed by atoms with van der Waals surface area (Å²) in [6.45, 7) is 6.63. The zero-order valence-corrected chi connectivity index (χ0v) is 13.8. The van der Waals surface area contributed by atoms with Gasteiger partial charge in [-0.2, -0.15) is 0 Å². The third-order valence-corrected chi connectivity index (χ3v) is 5.37. The molecule has 1 unspecified atom stereocenters. The minimum atomic E-state index is -3.62. The number of hydrogen-bond acceptors (Lipinski definition) is 4. The average molecular weight is 321 g/mol. The molecule has 0 radical (unpaired) electrons. The molecule has 1 heterocycles. The molecule has 22 heavy (non-hydrogen) atoms. The highest BCUT2D eigenvalue weighted by molar-refractivity contribution is 7.91. The van der Waals surface area contributed by atoms with Crippen molar-refractivity contribution in [2.75, 3.05) is 0 Å². The number of aromatic amines is 1. The molecule has 2 aromatic rings. The molecule has 2 rings (SSSR count). The maximum absolute atomic E-state index is 12.7. The van der Waals surface area contributed by atoms with Crippen LogP contribution in [0.1, 0.15) is 36.6 Å². The van der Waals surface area contributed by atoms with Crippen LogP contribution in [0.2, 0.25) is 0 Å². The van der Waals surface area contributed by atoms with Crippen molar-refractivity contribution < 1.29 is 17.9 Å². The molecular weight excluding hydrogens is 302 g/mol. The Morgan fingerprint density at radius 3 is 2.32 bits per heavy atom. The van der Waals surface area contributed by atoms with Crippen LogP contribution in [0.15, 0.2) is 40.4 Å². The zero-order valence-electron chi connectivity index (χ0n) is 13.0. The molecule has 0 aliphatic carbocycles. The highest BCUT2D eigenvalue weighted by Gasteiger charge is 2.25. The molecule has 1 aromatic heterocycles. The largest absolute Gasteiger partial charge is 0.458 e. The van der Waals surface area contributed by atoms with Crippen molar-refractivity contribution in [1.82, 2.24) is 4.98 Å². The third kappa shape index (κ3) is 3.06. The van der Waals surface area contributed by atoms with Gasteiger partial charge in [0.05, 0.1) is 4.90 Å². The van der Waals surface area contributed by atoms with Crippen LogP contribution in [0.25, 0.3) is 0 Å². The number of ether oxygens (including phenoxy) is 1. The molecular formula is C16H19NO4S. The fourth-order valence-corrected chi connectivity index (χ4v) is 3.81. The lowest BCUT2D eigenvalue weighted by Gasteiger charge is -2.11. The Labute approximate surface area is 130 Å². The average Bonchev–Trinajstić information content (AvgIpc) is 2.81. The van der Waals surface area contributed by atoms with Gasteiger partial charge >= 0.3 is 5.97 Å². The second kappa shape index (κ2) is 5.96. The monoisotopic (exact) mass is 321 g/mol. The number of benzene rings is 1. The Hall–Kier alpha value is -2.08. The van der Waals surface area contributed by atoms with Crippen molar-refractivity contribution in [2.24, 2.45) is 0 Å². The summed E-state index contributed by atoms with van der Waals surface area (Å²) >= 11 is 0. The molecule has 0 bridgehead atoms. The number of H-pyrrole nitrogens is 1. The summed E-state index contributed by atoms with van der Waals surface area (Å²) in [5.74, 6) is -0.406. The molecule has 0 fully saturated rings. The van der Waals surface area contributed by atoms with Crippen LogP contribution in [-0.4, -0.2) is 19.4 Å². The van der Waals surface area contributed by atoms with E-state index in [1.807, 2.05) is 6.92 Å². The summed E-state index contributed by atoms with van der Waals surface area (Å²) in [5.41, 5.74) is 2.21. The highest BCUT2D eigenvalue weighted by atomic mass is 32.2. The van der Waals surface area contributed by atoms with Gasteiger partial charge in [0.2, 0.25) is 9.84 Å². The fraction of sp³-hybridized carbons (Fsp3) is 0.312. The van der Waals surface area contributed by atoms with E-state index < -0.39 is 21.9 Å². The maximum atomic E-state index is 12.7. The quantitative estimate of drug-likeness (QED) is 0.878. The van der Waals surface area contributed by atoms with Gasteiger partial charge in [-0.05, 0) is 38.5 Å². The van der Waals surface area contributed by atoms with Crippen molar-refractivity contribution in [2.45, 2.75) is 43.7 Å². The van der Waals surface area contributed by atoms with E-state index in [4.69, 9.17) is 4.74 Å². The van der Waals surface area contributed by atoms with Gasteiger partial charge in [0.25, 0.3) is 0 Å². The molecule has 118 valence electrons. The molecule has 0 amide bonds. The van der Waals surface area contributed by atoms with Crippen LogP contribution in [0.4, 0.5) is 0 Å². The van der Waals surface area contributed by atoms with E-state index in [-0.39, 0.29) is 9.92 Å². The lowest BCUT2D eigenvalue weighted by atomic mass is 10.1. The van der Waals surface area contributed by atoms with Crippen LogP contribution in [-0.2, 0) is 19.4 Å². The lowest BCUT2D eigenvalue weighted by Crippen LogP contribution is -2.07. The van der Waals surface area contributed by atoms with Gasteiger partial charge < -0.3 is 9.72 Å². The topological polar surface area (TPSA) is 76.2 Å². The van der Waals surface area contributed by atoms with Crippen LogP contribution in [0, 0.1) is 13.8 Å². The molecule has 1 aromatic carbocycles. The van der Waals surface area contributed by atoms with Crippen molar-refractivity contribution in [3.05, 3.63) is 47.2 Å². The van der Waals surface area contributed by atoms with E-state index in [0.29, 0.717) is 11.1 Å². The van der Waals surface area contributed by atoms with E-state index in [2.05, 4.69) is 4.98 Å². The summed E-state index contributed by atoms with van der Waals surface area (Å²) in [6.07, 6.45) is 1.07. The van der Waals surface area contributed by atoms with Gasteiger partial charge in [0.1, 0.15) is 11.1 Å². The first-order valence-corrected chi connectivity index (χ1v) is 8.38. The van der Waals surface area contributed by atoms with Gasteiger partial charge in [-0.3, -0.25) is 4.79 Å². The van der Waals surface area contributed by atoms with E-state index in [9.17, 15) is 13.2 Å². The molecule has 0 spiro atoms. The first-order chi connectivity index (χ1) is 10.2. The Morgan fingerprint density at radius 1 is 1.18 bits per heavy atom. The van der Waals surface area contributed by atoms with E-state index in [1.54, 1.807) is 44.3 Å². The molecule has 0 aliphatic heterocycles. The first kappa shape index (κ1) is 16.3. The molecule has 6 heteroatoms. The predicted octanol–water partition coefficient (Wildman–Crippen LogP) is 3.09. The Morgan fingerprint density at radius 2 is 1.77 bits per heavy atom. The third-order valence-electron chi connectivity index (χ3n) is 3.51. The second-order valence-electron chi connectivity index (χ2n) is 5.27. The fourth-order valence-electron chi connectivity index (χ4n) is 2.34. The number of sulfone groups is 1. The predicted molar refractivity (Wildman–Crippen MR) is 82.3 cm³/mol. The second-order valence-corrected chi connectivity index (χ2v) is 7.15. The van der Waals surface area contributed by atoms with Gasteiger partial charge in [-0.25, -0.2) is 8.42 Å². The van der Waals surface area contributed by atoms with Crippen molar-refractivity contribution in [3.8, 4) is 0 Å². The number of nitrogens with one attached hydrogen (secondary N) is 1. The summed E-state index contributed by atoms with van der Waals surface area (Å²) in [6, 6.07) is 6.68. The normalized spacial score (nSPS) is 12.9. The minimum absolute atomic E-state index is 0.130. The standard InChI is InChI=1S/C16H19NO4S/c1-10-5-7-14(8-6-10)22(19,20)16-11(2)15(9-17-16)12(3)21-13(4)18/h5-9,12,17H,1-4H3. The molecule has 0 saturated heterocycles. The van der Waals surface area contributed by atoms with E-state index in [1.165, 1.54) is 6.92 Å². The van der Waals surface area contributed by atoms with Crippen LogP contribution < -0.4 is 0 Å². The SMILES string of the molecule is CC(=O)OC(C)c1c[nH]c(S(=O)(=O)c2ccc(C)cc2)c1C. The Kier molecular flexibility index (Phi) is 4.42. The lowest BCUT2D eigenvalue weighted by molar-refractivity contribution is -0.145. The molecule has 1 N–H and O–H groups in total. The Bertz CT molecular complexity index is 788. The van der Waals surface area contributed by atoms with Crippen LogP contribution in [0.3, 0.4) is 0 Å². The highest BCUT2D eigenvalue weighted by Crippen LogP contribution is 2.29. The summed E-state index contributed by atoms with van der Waals surface area (Å²) in [4.78, 5) is 14.1. The van der Waals surface area contributed by atoms with Gasteiger partial charge in [-0.15, -0.1) is 0 Å². The minimum Gasteiger partial charge on any atom is -0.458 e. The molecule has 5 nitrogen and oxygen atoms in total. The van der Waals surface area contributed by atoms with E-state index in [0.717, 1.165) is 5.56 Å². The zero-order chi connectivity index (χ0) is 16.5. The van der Waals surface area contributed by atoms with E-state index >= 15 is 0 Å². The summed E-state index contributed by atoms with van der Waals surface area (Å²) < 4.78 is 30.5. The summed E-state index contributed by atoms with van der Waals surface area (Å²) in [5, 5.41) is 0.130. The summed E-state index contributed by atoms with van der Waals surface area (Å²) in [7, 11) is -3.62. The number of rotatable bonds is 4. The van der Waals surface area contributed by atoms with Gasteiger partial charge in [0.15, 0.2) is 0 Å². The number of aryl methyl sites for hydroxylation is 1. The number of carbonyl (C=O) groups is 1. The first-order valence-electron chi connectivity index (χ1n) is 6.90.